The number of hydrogen-bond donors (Lipinski definition) is 1. The van der Waals surface area contributed by atoms with Crippen LogP contribution in [0.4, 0.5) is 5.69 Å². The highest BCUT2D eigenvalue weighted by atomic mass is 16.5. The number of aliphatic imine (C=N–C) groups is 1. The van der Waals surface area contributed by atoms with Gasteiger partial charge in [0.2, 0.25) is 0 Å². The number of ether oxygens (including phenoxy) is 1. The number of methoxy groups -OCH3 is 1. The molecular weight excluding hydrogens is 328 g/mol. The summed E-state index contributed by atoms with van der Waals surface area (Å²) in [6.45, 7) is 3.56. The van der Waals surface area contributed by atoms with Gasteiger partial charge in [-0.05, 0) is 31.4 Å². The number of nitrogens with zero attached hydrogens (tertiary/aromatic N) is 2. The number of piperidine rings is 2. The standard InChI is InChI=1S/C21H24N2O3/c1-3-13-11-23-9-8-20-14-6-4-5-7-16(14)22-18(20)17(23)10-15(13)21(20,12-24)19(25)26-2/h3-7,15,17,24H,8-12H2,1-2H3/b13-3+/t15-,17+,20-,21-/m1/s1. The van der Waals surface area contributed by atoms with Crippen LogP contribution in [0.1, 0.15) is 25.3 Å². The second kappa shape index (κ2) is 5.27. The molecule has 3 fully saturated rings. The molecule has 0 amide bonds. The van der Waals surface area contributed by atoms with E-state index < -0.39 is 10.8 Å². The Bertz CT molecular complexity index is 861. The maximum atomic E-state index is 13.3. The Morgan fingerprint density at radius 3 is 3.00 bits per heavy atom. The highest BCUT2D eigenvalue weighted by Gasteiger charge is 2.73. The number of hydrogen-bond acceptors (Lipinski definition) is 5. The Balaban J connectivity index is 1.87. The van der Waals surface area contributed by atoms with Gasteiger partial charge < -0.3 is 9.84 Å². The number of fused-ring (bicyclic) bond motifs is 2. The number of allylic oxidation sites excluding steroid dienone is 1. The molecule has 3 heterocycles. The van der Waals surface area contributed by atoms with Gasteiger partial charge in [-0.15, -0.1) is 0 Å². The van der Waals surface area contributed by atoms with Crippen LogP contribution in [-0.2, 0) is 14.9 Å². The van der Waals surface area contributed by atoms with Crippen molar-refractivity contribution in [2.24, 2.45) is 16.3 Å². The van der Waals surface area contributed by atoms with Crippen molar-refractivity contribution in [1.29, 1.82) is 0 Å². The van der Waals surface area contributed by atoms with Gasteiger partial charge in [0.25, 0.3) is 0 Å². The third kappa shape index (κ3) is 1.56. The number of rotatable bonds is 2. The number of aliphatic hydroxyl groups excluding tert-OH is 1. The fourth-order valence-corrected chi connectivity index (χ4v) is 6.33. The molecule has 2 saturated heterocycles. The summed E-state index contributed by atoms with van der Waals surface area (Å²) in [6.07, 6.45) is 3.75. The van der Waals surface area contributed by atoms with Crippen LogP contribution in [-0.4, -0.2) is 54.5 Å². The first-order valence-corrected chi connectivity index (χ1v) is 9.41. The molecule has 1 aromatic rings. The Morgan fingerprint density at radius 2 is 2.27 bits per heavy atom. The number of benzene rings is 1. The summed E-state index contributed by atoms with van der Waals surface area (Å²) >= 11 is 0. The van der Waals surface area contributed by atoms with Crippen molar-refractivity contribution in [1.82, 2.24) is 4.90 Å². The van der Waals surface area contributed by atoms with E-state index in [1.165, 1.54) is 12.7 Å². The van der Waals surface area contributed by atoms with Gasteiger partial charge in [0.1, 0.15) is 5.41 Å². The molecule has 0 aromatic heterocycles. The lowest BCUT2D eigenvalue weighted by atomic mass is 9.43. The van der Waals surface area contributed by atoms with E-state index >= 15 is 0 Å². The molecule has 1 N–H and O–H groups in total. The van der Waals surface area contributed by atoms with Crippen LogP contribution in [0.5, 0.6) is 0 Å². The quantitative estimate of drug-likeness (QED) is 0.655. The van der Waals surface area contributed by atoms with E-state index in [1.807, 2.05) is 25.1 Å². The smallest absolute Gasteiger partial charge is 0.316 e. The molecule has 4 atom stereocenters. The Morgan fingerprint density at radius 1 is 1.46 bits per heavy atom. The summed E-state index contributed by atoms with van der Waals surface area (Å²) in [4.78, 5) is 20.8. The van der Waals surface area contributed by atoms with Gasteiger partial charge in [-0.1, -0.05) is 29.8 Å². The second-order valence-electron chi connectivity index (χ2n) is 7.93. The fraction of sp³-hybridized carbons (Fsp3) is 0.524. The minimum atomic E-state index is -1.00. The van der Waals surface area contributed by atoms with Gasteiger partial charge in [-0.3, -0.25) is 14.7 Å². The van der Waals surface area contributed by atoms with E-state index in [1.54, 1.807) is 0 Å². The average molecular weight is 352 g/mol. The molecule has 0 unspecified atom stereocenters. The topological polar surface area (TPSA) is 62.1 Å². The fourth-order valence-electron chi connectivity index (χ4n) is 6.33. The highest BCUT2D eigenvalue weighted by Crippen LogP contribution is 2.65. The van der Waals surface area contributed by atoms with Crippen molar-refractivity contribution < 1.29 is 14.6 Å². The van der Waals surface area contributed by atoms with Crippen molar-refractivity contribution in [3.63, 3.8) is 0 Å². The number of aliphatic hydroxyl groups is 1. The van der Waals surface area contributed by atoms with Crippen LogP contribution in [0.15, 0.2) is 40.9 Å². The van der Waals surface area contributed by atoms with E-state index in [9.17, 15) is 9.90 Å². The summed E-state index contributed by atoms with van der Waals surface area (Å²) in [5.74, 6) is -0.320. The first-order chi connectivity index (χ1) is 12.6. The summed E-state index contributed by atoms with van der Waals surface area (Å²) in [5.41, 5.74) is 2.77. The molecule has 5 nitrogen and oxygen atoms in total. The van der Waals surface area contributed by atoms with E-state index in [4.69, 9.17) is 9.73 Å². The van der Waals surface area contributed by atoms with Crippen molar-refractivity contribution >= 4 is 17.4 Å². The molecule has 3 bridgehead atoms. The van der Waals surface area contributed by atoms with Crippen LogP contribution in [0, 0.1) is 11.3 Å². The van der Waals surface area contributed by atoms with Gasteiger partial charge in [0, 0.05) is 24.7 Å². The minimum absolute atomic E-state index is 0.0170. The molecule has 4 aliphatic rings. The van der Waals surface area contributed by atoms with E-state index in [0.29, 0.717) is 0 Å². The van der Waals surface area contributed by atoms with Gasteiger partial charge in [0.05, 0.1) is 30.9 Å². The molecule has 3 aliphatic heterocycles. The summed E-state index contributed by atoms with van der Waals surface area (Å²) in [6, 6.07) is 8.36. The van der Waals surface area contributed by atoms with Crippen molar-refractivity contribution in [3.8, 4) is 0 Å². The molecule has 26 heavy (non-hydrogen) atoms. The van der Waals surface area contributed by atoms with Gasteiger partial charge >= 0.3 is 5.97 Å². The maximum Gasteiger partial charge on any atom is 0.316 e. The Labute approximate surface area is 153 Å². The number of carbonyl (C=O) groups excluding carboxylic acids is 1. The maximum absolute atomic E-state index is 13.3. The van der Waals surface area contributed by atoms with Gasteiger partial charge in [0.15, 0.2) is 0 Å². The lowest BCUT2D eigenvalue weighted by molar-refractivity contribution is -0.170. The van der Waals surface area contributed by atoms with Crippen molar-refractivity contribution in [2.45, 2.75) is 31.2 Å². The van der Waals surface area contributed by atoms with Crippen molar-refractivity contribution in [2.75, 3.05) is 26.8 Å². The van der Waals surface area contributed by atoms with Crippen LogP contribution >= 0.6 is 0 Å². The number of esters is 1. The van der Waals surface area contributed by atoms with Crippen LogP contribution < -0.4 is 0 Å². The monoisotopic (exact) mass is 352 g/mol. The van der Waals surface area contributed by atoms with E-state index in [-0.39, 0.29) is 24.5 Å². The molecule has 136 valence electrons. The van der Waals surface area contributed by atoms with Gasteiger partial charge in [-0.2, -0.15) is 0 Å². The largest absolute Gasteiger partial charge is 0.468 e. The summed E-state index contributed by atoms with van der Waals surface area (Å²) in [7, 11) is 1.44. The summed E-state index contributed by atoms with van der Waals surface area (Å²) < 4.78 is 5.34. The first-order valence-electron chi connectivity index (χ1n) is 9.41. The predicted molar refractivity (Wildman–Crippen MR) is 98.6 cm³/mol. The molecule has 0 spiro atoms. The zero-order valence-electron chi connectivity index (χ0n) is 15.2. The average Bonchev–Trinajstić information content (AvgIpc) is 3.04. The minimum Gasteiger partial charge on any atom is -0.468 e. The zero-order chi connectivity index (χ0) is 18.1. The van der Waals surface area contributed by atoms with Crippen LogP contribution in [0.3, 0.4) is 0 Å². The molecule has 0 radical (unpaired) electrons. The molecule has 1 aliphatic carbocycles. The van der Waals surface area contributed by atoms with Crippen LogP contribution in [0.2, 0.25) is 0 Å². The zero-order valence-corrected chi connectivity index (χ0v) is 15.2. The predicted octanol–water partition coefficient (Wildman–Crippen LogP) is 2.22. The summed E-state index contributed by atoms with van der Waals surface area (Å²) in [5, 5.41) is 10.8. The number of para-hydroxylation sites is 1. The molecule has 1 aromatic carbocycles. The molecule has 5 rings (SSSR count). The Hall–Kier alpha value is -1.98. The first kappa shape index (κ1) is 16.2. The van der Waals surface area contributed by atoms with Gasteiger partial charge in [-0.25, -0.2) is 0 Å². The van der Waals surface area contributed by atoms with E-state index in [0.717, 1.165) is 42.9 Å². The second-order valence-corrected chi connectivity index (χ2v) is 7.93. The number of carbonyl (C=O) groups is 1. The lowest BCUT2D eigenvalue weighted by Crippen LogP contribution is -2.74. The molecular formula is C21H24N2O3. The SMILES string of the molecule is C/C=C1\CN2CC[C@]34C(=Nc5ccccc53)[C@@H]2C[C@H]1[C@]4(CO)C(=O)OC. The third-order valence-corrected chi connectivity index (χ3v) is 7.39. The molecule has 5 heteroatoms. The third-order valence-electron chi connectivity index (χ3n) is 7.39. The Kier molecular flexibility index (Phi) is 3.29. The molecule has 1 saturated carbocycles. The highest BCUT2D eigenvalue weighted by molar-refractivity contribution is 6.11. The van der Waals surface area contributed by atoms with E-state index in [2.05, 4.69) is 17.0 Å². The normalized spacial score (nSPS) is 38.7. The lowest BCUT2D eigenvalue weighted by Gasteiger charge is -2.64. The van der Waals surface area contributed by atoms with Crippen LogP contribution in [0.25, 0.3) is 0 Å². The van der Waals surface area contributed by atoms with Crippen molar-refractivity contribution in [3.05, 3.63) is 41.5 Å².